The molecule has 0 fully saturated rings. The molecule has 0 aliphatic rings. The number of nitrogens with zero attached hydrogens (tertiary/aromatic N) is 1. The van der Waals surface area contributed by atoms with Crippen molar-refractivity contribution in [2.24, 2.45) is 0 Å². The zero-order chi connectivity index (χ0) is 20.5. The Labute approximate surface area is 166 Å². The van der Waals surface area contributed by atoms with E-state index in [1.54, 1.807) is 24.3 Å². The summed E-state index contributed by atoms with van der Waals surface area (Å²) in [7, 11) is 0. The first kappa shape index (κ1) is 20.7. The predicted molar refractivity (Wildman–Crippen MR) is 104 cm³/mol. The lowest BCUT2D eigenvalue weighted by atomic mass is 10.1. The van der Waals surface area contributed by atoms with Gasteiger partial charge in [0.05, 0.1) is 11.5 Å². The molecule has 0 spiro atoms. The summed E-state index contributed by atoms with van der Waals surface area (Å²) in [6.07, 6.45) is 0. The van der Waals surface area contributed by atoms with Crippen LogP contribution >= 0.6 is 11.6 Å². The van der Waals surface area contributed by atoms with Gasteiger partial charge in [-0.1, -0.05) is 29.5 Å². The highest BCUT2D eigenvalue weighted by atomic mass is 35.5. The van der Waals surface area contributed by atoms with Crippen LogP contribution in [0.15, 0.2) is 42.5 Å². The maximum atomic E-state index is 12.1. The van der Waals surface area contributed by atoms with E-state index < -0.39 is 10.8 Å². The van der Waals surface area contributed by atoms with E-state index in [1.807, 2.05) is 0 Å². The van der Waals surface area contributed by atoms with E-state index in [9.17, 15) is 19.7 Å². The fraction of sp³-hybridized carbons (Fsp3) is 0.158. The van der Waals surface area contributed by atoms with Gasteiger partial charge in [0, 0.05) is 29.8 Å². The highest BCUT2D eigenvalue weighted by molar-refractivity contribution is 6.31. The Morgan fingerprint density at radius 2 is 2.00 bits per heavy atom. The Kier molecular flexibility index (Phi) is 7.37. The third-order valence-corrected chi connectivity index (χ3v) is 3.56. The average molecular weight is 402 g/mol. The summed E-state index contributed by atoms with van der Waals surface area (Å²) in [5.74, 6) is 5.10. The van der Waals surface area contributed by atoms with E-state index in [2.05, 4.69) is 22.5 Å². The number of halogens is 1. The Hall–Kier alpha value is -3.57. The maximum Gasteiger partial charge on any atom is 0.282 e. The van der Waals surface area contributed by atoms with Gasteiger partial charge in [0.1, 0.15) is 17.9 Å². The van der Waals surface area contributed by atoms with Crippen molar-refractivity contribution < 1.29 is 19.2 Å². The van der Waals surface area contributed by atoms with E-state index in [0.717, 1.165) is 0 Å². The lowest BCUT2D eigenvalue weighted by Crippen LogP contribution is -2.24. The van der Waals surface area contributed by atoms with Crippen molar-refractivity contribution in [1.82, 2.24) is 5.32 Å². The van der Waals surface area contributed by atoms with Crippen LogP contribution in [0.1, 0.15) is 17.3 Å². The molecule has 0 atom stereocenters. The van der Waals surface area contributed by atoms with Crippen LogP contribution in [0.4, 0.5) is 11.4 Å². The molecule has 2 rings (SSSR count). The van der Waals surface area contributed by atoms with Gasteiger partial charge in [-0.05, 0) is 24.3 Å². The van der Waals surface area contributed by atoms with E-state index >= 15 is 0 Å². The number of hydrogen-bond acceptors (Lipinski definition) is 5. The molecule has 2 aromatic rings. The molecule has 0 saturated carbocycles. The lowest BCUT2D eigenvalue weighted by molar-refractivity contribution is -0.385. The van der Waals surface area contributed by atoms with Gasteiger partial charge in [-0.3, -0.25) is 19.7 Å². The number of ether oxygens (including phenoxy) is 1. The van der Waals surface area contributed by atoms with Gasteiger partial charge in [-0.2, -0.15) is 0 Å². The number of nitrogens with one attached hydrogen (secondary N) is 2. The van der Waals surface area contributed by atoms with Crippen molar-refractivity contribution >= 4 is 34.8 Å². The van der Waals surface area contributed by atoms with Crippen molar-refractivity contribution in [2.75, 3.05) is 18.5 Å². The normalized spacial score (nSPS) is 9.64. The summed E-state index contributed by atoms with van der Waals surface area (Å²) in [6, 6.07) is 10.6. The van der Waals surface area contributed by atoms with Crippen LogP contribution < -0.4 is 15.4 Å². The number of carbonyl (C=O) groups is 2. The molecule has 144 valence electrons. The summed E-state index contributed by atoms with van der Waals surface area (Å²) < 4.78 is 5.44. The molecule has 2 aromatic carbocycles. The Morgan fingerprint density at radius 1 is 1.21 bits per heavy atom. The summed E-state index contributed by atoms with van der Waals surface area (Å²) in [4.78, 5) is 33.5. The molecule has 0 aliphatic heterocycles. The Morgan fingerprint density at radius 3 is 2.71 bits per heavy atom. The van der Waals surface area contributed by atoms with E-state index in [4.69, 9.17) is 16.3 Å². The van der Waals surface area contributed by atoms with Gasteiger partial charge < -0.3 is 15.4 Å². The zero-order valence-corrected chi connectivity index (χ0v) is 15.6. The molecule has 28 heavy (non-hydrogen) atoms. The third-order valence-electron chi connectivity index (χ3n) is 3.33. The second-order valence-corrected chi connectivity index (χ2v) is 5.89. The standard InChI is InChI=1S/C19H16ClN3O5/c1-13(24)22-15-5-4-6-16(12-15)28-10-3-2-9-21-19(25)17-11-14(20)7-8-18(17)23(26)27/h4-8,11-12H,9-10H2,1H3,(H,21,25)(H,22,24). The maximum absolute atomic E-state index is 12.1. The van der Waals surface area contributed by atoms with Crippen molar-refractivity contribution in [2.45, 2.75) is 6.92 Å². The molecule has 8 nitrogen and oxygen atoms in total. The molecule has 2 N–H and O–H groups in total. The van der Waals surface area contributed by atoms with E-state index in [0.29, 0.717) is 11.4 Å². The summed E-state index contributed by atoms with van der Waals surface area (Å²) in [5.41, 5.74) is 0.135. The van der Waals surface area contributed by atoms with Crippen molar-refractivity contribution in [3.8, 4) is 17.6 Å². The average Bonchev–Trinajstić information content (AvgIpc) is 2.63. The molecular formula is C19H16ClN3O5. The van der Waals surface area contributed by atoms with E-state index in [1.165, 1.54) is 25.1 Å². The fourth-order valence-corrected chi connectivity index (χ4v) is 2.34. The van der Waals surface area contributed by atoms with Crippen molar-refractivity contribution in [3.63, 3.8) is 0 Å². The SMILES string of the molecule is CC(=O)Nc1cccc(OCC#CCNC(=O)c2cc(Cl)ccc2[N+](=O)[O-])c1. The molecule has 0 bridgehead atoms. The van der Waals surface area contributed by atoms with Gasteiger partial charge in [0.25, 0.3) is 11.6 Å². The number of rotatable bonds is 6. The molecule has 0 aliphatic carbocycles. The van der Waals surface area contributed by atoms with Crippen LogP contribution in [0.25, 0.3) is 0 Å². The van der Waals surface area contributed by atoms with Gasteiger partial charge >= 0.3 is 0 Å². The van der Waals surface area contributed by atoms with Crippen LogP contribution in [-0.2, 0) is 4.79 Å². The van der Waals surface area contributed by atoms with Crippen LogP contribution in [0.3, 0.4) is 0 Å². The van der Waals surface area contributed by atoms with Gasteiger partial charge in [-0.15, -0.1) is 0 Å². The molecule has 0 saturated heterocycles. The minimum Gasteiger partial charge on any atom is -0.481 e. The first-order valence-corrected chi connectivity index (χ1v) is 8.43. The lowest BCUT2D eigenvalue weighted by Gasteiger charge is -2.05. The molecule has 0 radical (unpaired) electrons. The molecule has 9 heteroatoms. The highest BCUT2D eigenvalue weighted by Gasteiger charge is 2.19. The second kappa shape index (κ2) is 9.94. The second-order valence-electron chi connectivity index (χ2n) is 5.45. The van der Waals surface area contributed by atoms with E-state index in [-0.39, 0.29) is 35.3 Å². The fourth-order valence-electron chi connectivity index (χ4n) is 2.17. The highest BCUT2D eigenvalue weighted by Crippen LogP contribution is 2.22. The Balaban J connectivity index is 1.86. The third kappa shape index (κ3) is 6.30. The Bertz CT molecular complexity index is 966. The van der Waals surface area contributed by atoms with Crippen LogP contribution in [0, 0.1) is 22.0 Å². The number of benzene rings is 2. The summed E-state index contributed by atoms with van der Waals surface area (Å²) >= 11 is 5.79. The number of amides is 2. The largest absolute Gasteiger partial charge is 0.481 e. The van der Waals surface area contributed by atoms with Gasteiger partial charge in [0.15, 0.2) is 0 Å². The summed E-state index contributed by atoms with van der Waals surface area (Å²) in [6.45, 7) is 1.46. The number of nitro benzene ring substituents is 1. The van der Waals surface area contributed by atoms with Crippen LogP contribution in [-0.4, -0.2) is 29.9 Å². The molecule has 0 heterocycles. The first-order valence-electron chi connectivity index (χ1n) is 8.05. The van der Waals surface area contributed by atoms with Gasteiger partial charge in [0.2, 0.25) is 5.91 Å². The minimum atomic E-state index is -0.653. The summed E-state index contributed by atoms with van der Waals surface area (Å²) in [5, 5.41) is 16.3. The molecule has 0 unspecified atom stereocenters. The van der Waals surface area contributed by atoms with Crippen LogP contribution in [0.5, 0.6) is 5.75 Å². The van der Waals surface area contributed by atoms with Gasteiger partial charge in [-0.25, -0.2) is 0 Å². The monoisotopic (exact) mass is 401 g/mol. The number of anilines is 1. The minimum absolute atomic E-state index is 0.0161. The molecular weight excluding hydrogens is 386 g/mol. The van der Waals surface area contributed by atoms with Crippen LogP contribution in [0.2, 0.25) is 5.02 Å². The number of hydrogen-bond donors (Lipinski definition) is 2. The predicted octanol–water partition coefficient (Wildman–Crippen LogP) is 3.02. The van der Waals surface area contributed by atoms with Crippen molar-refractivity contribution in [3.05, 3.63) is 63.2 Å². The smallest absolute Gasteiger partial charge is 0.282 e. The number of carbonyl (C=O) groups excluding carboxylic acids is 2. The molecule has 2 amide bonds. The van der Waals surface area contributed by atoms with Crippen molar-refractivity contribution in [1.29, 1.82) is 0 Å². The first-order chi connectivity index (χ1) is 13.4. The topological polar surface area (TPSA) is 111 Å². The zero-order valence-electron chi connectivity index (χ0n) is 14.8. The molecule has 0 aromatic heterocycles. The quantitative estimate of drug-likeness (QED) is 0.439. The number of nitro groups is 1.